The van der Waals surface area contributed by atoms with Crippen LogP contribution < -0.4 is 15.9 Å². The molecular formula is C19H21P2+. The minimum atomic E-state index is -1.53. The van der Waals surface area contributed by atoms with Crippen molar-refractivity contribution in [3.8, 4) is 0 Å². The Balaban J connectivity index is 0.00000161. The van der Waals surface area contributed by atoms with Gasteiger partial charge in [-0.15, -0.1) is 0 Å². The molecule has 0 heterocycles. The van der Waals surface area contributed by atoms with Crippen LogP contribution in [0, 0.1) is 0 Å². The first kappa shape index (κ1) is 15.9. The maximum Gasteiger partial charge on any atom is 0.109 e. The van der Waals surface area contributed by atoms with Crippen molar-refractivity contribution >= 4 is 33.1 Å². The van der Waals surface area contributed by atoms with Gasteiger partial charge in [0.25, 0.3) is 0 Å². The van der Waals surface area contributed by atoms with E-state index in [-0.39, 0.29) is 9.90 Å². The van der Waals surface area contributed by atoms with Gasteiger partial charge in [-0.3, -0.25) is 0 Å². The fourth-order valence-corrected chi connectivity index (χ4v) is 5.83. The Hall–Kier alpha value is -1.48. The smallest absolute Gasteiger partial charge is 0.109 e. The second-order valence-electron chi connectivity index (χ2n) is 5.01. The van der Waals surface area contributed by atoms with E-state index in [2.05, 4.69) is 97.7 Å². The summed E-state index contributed by atoms with van der Waals surface area (Å²) < 4.78 is 0. The SMILES string of the molecule is C[P+](c1ccccc1)(c1ccccc1)c1ccccc1.P. The molecule has 3 rings (SSSR count). The van der Waals surface area contributed by atoms with Gasteiger partial charge in [0.1, 0.15) is 23.2 Å². The van der Waals surface area contributed by atoms with Crippen molar-refractivity contribution in [2.75, 3.05) is 6.66 Å². The monoisotopic (exact) mass is 311 g/mol. The van der Waals surface area contributed by atoms with Gasteiger partial charge >= 0.3 is 0 Å². The van der Waals surface area contributed by atoms with Crippen molar-refractivity contribution in [1.82, 2.24) is 0 Å². The predicted octanol–water partition coefficient (Wildman–Crippen LogP) is 3.67. The van der Waals surface area contributed by atoms with E-state index in [9.17, 15) is 0 Å². The average Bonchev–Trinajstić information content (AvgIpc) is 2.56. The first-order chi connectivity index (χ1) is 9.82. The van der Waals surface area contributed by atoms with Crippen LogP contribution in [0.1, 0.15) is 0 Å². The van der Waals surface area contributed by atoms with Gasteiger partial charge in [0, 0.05) is 0 Å². The summed E-state index contributed by atoms with van der Waals surface area (Å²) in [5.74, 6) is 0. The molecule has 21 heavy (non-hydrogen) atoms. The van der Waals surface area contributed by atoms with Crippen LogP contribution >= 0.6 is 17.2 Å². The molecule has 0 nitrogen and oxygen atoms in total. The maximum atomic E-state index is 2.41. The highest BCUT2D eigenvalue weighted by atomic mass is 31.2. The highest BCUT2D eigenvalue weighted by Crippen LogP contribution is 2.51. The molecule has 3 aromatic carbocycles. The second kappa shape index (κ2) is 6.99. The minimum absolute atomic E-state index is 0. The lowest BCUT2D eigenvalue weighted by Gasteiger charge is -2.22. The molecule has 106 valence electrons. The van der Waals surface area contributed by atoms with Crippen LogP contribution in [0.2, 0.25) is 0 Å². The molecule has 0 N–H and O–H groups in total. The molecule has 0 radical (unpaired) electrons. The number of hydrogen-bond acceptors (Lipinski definition) is 0. The van der Waals surface area contributed by atoms with Crippen LogP contribution in [-0.4, -0.2) is 6.66 Å². The van der Waals surface area contributed by atoms with Crippen LogP contribution in [0.3, 0.4) is 0 Å². The van der Waals surface area contributed by atoms with Crippen molar-refractivity contribution in [1.29, 1.82) is 0 Å². The molecular weight excluding hydrogens is 290 g/mol. The molecule has 0 saturated carbocycles. The Morgan fingerprint density at radius 3 is 0.952 bits per heavy atom. The largest absolute Gasteiger partial charge is 0.153 e. The topological polar surface area (TPSA) is 0 Å². The summed E-state index contributed by atoms with van der Waals surface area (Å²) in [5.41, 5.74) is 0. The standard InChI is InChI=1S/C19H18P.H3P/c1-20(17-11-5-2-6-12-17,18-13-7-3-8-14-18)19-15-9-4-10-16-19;/h2-16H,1H3;1H3/q+1;. The lowest BCUT2D eigenvalue weighted by atomic mass is 10.4. The second-order valence-corrected chi connectivity index (χ2v) is 8.57. The summed E-state index contributed by atoms with van der Waals surface area (Å²) in [5, 5.41) is 4.28. The average molecular weight is 311 g/mol. The third kappa shape index (κ3) is 3.08. The fraction of sp³-hybridized carbons (Fsp3) is 0.0526. The Labute approximate surface area is 131 Å². The first-order valence-corrected chi connectivity index (χ1v) is 9.09. The molecule has 0 fully saturated rings. The number of rotatable bonds is 3. The summed E-state index contributed by atoms with van der Waals surface area (Å²) in [7, 11) is -1.53. The normalized spacial score (nSPS) is 10.7. The van der Waals surface area contributed by atoms with Crippen molar-refractivity contribution in [2.45, 2.75) is 0 Å². The van der Waals surface area contributed by atoms with Gasteiger partial charge in [0.05, 0.1) is 6.66 Å². The van der Waals surface area contributed by atoms with Crippen LogP contribution in [0.15, 0.2) is 91.0 Å². The summed E-state index contributed by atoms with van der Waals surface area (Å²) in [4.78, 5) is 0. The Bertz CT molecular complexity index is 567. The van der Waals surface area contributed by atoms with Crippen LogP contribution in [-0.2, 0) is 0 Å². The quantitative estimate of drug-likeness (QED) is 0.648. The van der Waals surface area contributed by atoms with E-state index < -0.39 is 7.26 Å². The lowest BCUT2D eigenvalue weighted by molar-refractivity contribution is 1.72. The summed E-state index contributed by atoms with van der Waals surface area (Å²) in [6.07, 6.45) is 0. The van der Waals surface area contributed by atoms with Gasteiger partial charge in [-0.2, -0.15) is 9.90 Å². The molecule has 0 bridgehead atoms. The van der Waals surface area contributed by atoms with Crippen LogP contribution in [0.5, 0.6) is 0 Å². The molecule has 2 heteroatoms. The number of hydrogen-bond donors (Lipinski definition) is 0. The van der Waals surface area contributed by atoms with E-state index in [4.69, 9.17) is 0 Å². The molecule has 0 aliphatic carbocycles. The third-order valence-corrected chi connectivity index (χ3v) is 7.81. The molecule has 0 spiro atoms. The summed E-state index contributed by atoms with van der Waals surface area (Å²) in [6.45, 7) is 2.41. The zero-order valence-electron chi connectivity index (χ0n) is 12.3. The van der Waals surface area contributed by atoms with E-state index in [0.29, 0.717) is 0 Å². The maximum absolute atomic E-state index is 2.41. The van der Waals surface area contributed by atoms with E-state index in [1.807, 2.05) is 0 Å². The predicted molar refractivity (Wildman–Crippen MR) is 102 cm³/mol. The zero-order valence-corrected chi connectivity index (χ0v) is 14.6. The molecule has 1 atom stereocenters. The molecule has 0 amide bonds. The Morgan fingerprint density at radius 2 is 0.714 bits per heavy atom. The molecule has 3 aromatic rings. The molecule has 0 aromatic heterocycles. The van der Waals surface area contributed by atoms with Gasteiger partial charge in [0.15, 0.2) is 0 Å². The van der Waals surface area contributed by atoms with E-state index >= 15 is 0 Å². The van der Waals surface area contributed by atoms with Crippen molar-refractivity contribution in [3.05, 3.63) is 91.0 Å². The summed E-state index contributed by atoms with van der Waals surface area (Å²) in [6, 6.07) is 32.6. The van der Waals surface area contributed by atoms with Crippen LogP contribution in [0.4, 0.5) is 0 Å². The third-order valence-electron chi connectivity index (χ3n) is 3.82. The van der Waals surface area contributed by atoms with E-state index in [0.717, 1.165) is 0 Å². The summed E-state index contributed by atoms with van der Waals surface area (Å²) >= 11 is 0. The van der Waals surface area contributed by atoms with Gasteiger partial charge in [-0.05, 0) is 36.4 Å². The van der Waals surface area contributed by atoms with E-state index in [1.54, 1.807) is 0 Å². The Morgan fingerprint density at radius 1 is 0.476 bits per heavy atom. The highest BCUT2D eigenvalue weighted by molar-refractivity contribution is 7.95. The van der Waals surface area contributed by atoms with Gasteiger partial charge in [-0.25, -0.2) is 0 Å². The molecule has 0 aliphatic heterocycles. The van der Waals surface area contributed by atoms with Crippen LogP contribution in [0.25, 0.3) is 0 Å². The highest BCUT2D eigenvalue weighted by Gasteiger charge is 2.39. The van der Waals surface area contributed by atoms with Crippen molar-refractivity contribution < 1.29 is 0 Å². The van der Waals surface area contributed by atoms with Gasteiger partial charge in [-0.1, -0.05) is 54.6 Å². The molecule has 0 saturated heterocycles. The van der Waals surface area contributed by atoms with E-state index in [1.165, 1.54) is 15.9 Å². The first-order valence-electron chi connectivity index (χ1n) is 6.85. The van der Waals surface area contributed by atoms with Crippen molar-refractivity contribution in [2.24, 2.45) is 0 Å². The fourth-order valence-electron chi connectivity index (χ4n) is 2.63. The Kier molecular flexibility index (Phi) is 5.29. The van der Waals surface area contributed by atoms with Gasteiger partial charge < -0.3 is 0 Å². The van der Waals surface area contributed by atoms with Crippen molar-refractivity contribution in [3.63, 3.8) is 0 Å². The number of benzene rings is 3. The molecule has 1 unspecified atom stereocenters. The minimum Gasteiger partial charge on any atom is -0.153 e. The van der Waals surface area contributed by atoms with Gasteiger partial charge in [0.2, 0.25) is 0 Å². The molecule has 0 aliphatic rings. The lowest BCUT2D eigenvalue weighted by Crippen LogP contribution is -2.30. The zero-order chi connectivity index (χ0) is 13.8.